The number of guanidine groups is 1. The number of ether oxygens (including phenoxy) is 4. The van der Waals surface area contributed by atoms with Crippen LogP contribution in [0.1, 0.15) is 18.4 Å². The molecule has 174 valence electrons. The summed E-state index contributed by atoms with van der Waals surface area (Å²) in [5.74, 6) is 2.72. The van der Waals surface area contributed by atoms with Gasteiger partial charge in [0, 0.05) is 46.4 Å². The molecule has 2 heterocycles. The number of methoxy groups -OCH3 is 3. The summed E-state index contributed by atoms with van der Waals surface area (Å²) in [6.07, 6.45) is 1.54. The Kier molecular flexibility index (Phi) is 9.94. The van der Waals surface area contributed by atoms with Crippen molar-refractivity contribution < 1.29 is 23.7 Å². The van der Waals surface area contributed by atoms with E-state index in [0.29, 0.717) is 43.5 Å². The molecule has 31 heavy (non-hydrogen) atoms. The predicted molar refractivity (Wildman–Crippen MR) is 129 cm³/mol. The van der Waals surface area contributed by atoms with E-state index in [9.17, 15) is 4.79 Å². The van der Waals surface area contributed by atoms with Crippen LogP contribution in [-0.4, -0.2) is 88.9 Å². The van der Waals surface area contributed by atoms with Crippen LogP contribution in [0.15, 0.2) is 17.1 Å². The van der Waals surface area contributed by atoms with Crippen LogP contribution in [0, 0.1) is 0 Å². The lowest BCUT2D eigenvalue weighted by molar-refractivity contribution is -0.142. The highest BCUT2D eigenvalue weighted by molar-refractivity contribution is 14.0. The molecule has 0 spiro atoms. The number of hydrogen-bond donors (Lipinski definition) is 1. The maximum absolute atomic E-state index is 12.5. The monoisotopic (exact) mass is 548 g/mol. The van der Waals surface area contributed by atoms with Crippen LogP contribution in [0.5, 0.6) is 17.2 Å². The number of aliphatic imine (C=N–C) groups is 1. The van der Waals surface area contributed by atoms with Crippen molar-refractivity contribution in [3.63, 3.8) is 0 Å². The van der Waals surface area contributed by atoms with Gasteiger partial charge in [0.1, 0.15) is 6.10 Å². The van der Waals surface area contributed by atoms with Crippen LogP contribution >= 0.6 is 24.0 Å². The molecule has 1 unspecified atom stereocenters. The third-order valence-corrected chi connectivity index (χ3v) is 5.48. The number of amides is 1. The van der Waals surface area contributed by atoms with Gasteiger partial charge in [0.15, 0.2) is 17.5 Å². The second-order valence-electron chi connectivity index (χ2n) is 7.25. The van der Waals surface area contributed by atoms with Crippen molar-refractivity contribution in [3.8, 4) is 17.2 Å². The predicted octanol–water partition coefficient (Wildman–Crippen LogP) is 1.73. The van der Waals surface area contributed by atoms with Gasteiger partial charge in [0.05, 0.1) is 21.3 Å². The van der Waals surface area contributed by atoms with E-state index >= 15 is 0 Å². The van der Waals surface area contributed by atoms with Gasteiger partial charge in [-0.15, -0.1) is 24.0 Å². The first-order valence-electron chi connectivity index (χ1n) is 10.3. The summed E-state index contributed by atoms with van der Waals surface area (Å²) in [6.45, 7) is 4.04. The number of piperazine rings is 1. The molecular formula is C21H33IN4O5. The molecule has 2 aliphatic rings. The number of benzene rings is 1. The van der Waals surface area contributed by atoms with E-state index in [1.165, 1.54) is 0 Å². The SMILES string of the molecule is CN=C(NCc1cc(OC)c(OC)c(OC)c1)N1CCN(C(=O)C2CCCO2)CC1.I. The zero-order valence-corrected chi connectivity index (χ0v) is 21.0. The van der Waals surface area contributed by atoms with Crippen molar-refractivity contribution in [2.24, 2.45) is 4.99 Å². The molecule has 9 nitrogen and oxygen atoms in total. The van der Waals surface area contributed by atoms with Gasteiger partial charge in [0.2, 0.25) is 5.75 Å². The van der Waals surface area contributed by atoms with Gasteiger partial charge in [-0.1, -0.05) is 0 Å². The Morgan fingerprint density at radius 1 is 1.10 bits per heavy atom. The topological polar surface area (TPSA) is 84.9 Å². The lowest BCUT2D eigenvalue weighted by atomic mass is 10.1. The highest BCUT2D eigenvalue weighted by atomic mass is 127. The van der Waals surface area contributed by atoms with Gasteiger partial charge in [-0.2, -0.15) is 0 Å². The lowest BCUT2D eigenvalue weighted by Crippen LogP contribution is -2.55. The van der Waals surface area contributed by atoms with Crippen molar-refractivity contribution in [1.82, 2.24) is 15.1 Å². The Hall–Kier alpha value is -1.95. The molecular weight excluding hydrogens is 515 g/mol. The van der Waals surface area contributed by atoms with Gasteiger partial charge < -0.3 is 34.1 Å². The summed E-state index contributed by atoms with van der Waals surface area (Å²) in [4.78, 5) is 21.0. The summed E-state index contributed by atoms with van der Waals surface area (Å²) in [5.41, 5.74) is 0.984. The number of hydrogen-bond acceptors (Lipinski definition) is 6. The summed E-state index contributed by atoms with van der Waals surface area (Å²) in [7, 11) is 6.56. The normalized spacial score (nSPS) is 19.0. The average molecular weight is 548 g/mol. The Balaban J connectivity index is 0.00000341. The van der Waals surface area contributed by atoms with E-state index in [4.69, 9.17) is 18.9 Å². The van der Waals surface area contributed by atoms with Gasteiger partial charge in [-0.25, -0.2) is 0 Å². The third kappa shape index (κ3) is 6.06. The molecule has 1 atom stereocenters. The zero-order chi connectivity index (χ0) is 21.5. The first-order chi connectivity index (χ1) is 14.6. The molecule has 0 aliphatic carbocycles. The van der Waals surface area contributed by atoms with Gasteiger partial charge in [-0.3, -0.25) is 9.79 Å². The maximum Gasteiger partial charge on any atom is 0.251 e. The first-order valence-corrected chi connectivity index (χ1v) is 10.3. The molecule has 1 amide bonds. The smallest absolute Gasteiger partial charge is 0.251 e. The number of nitrogens with one attached hydrogen (secondary N) is 1. The molecule has 1 N–H and O–H groups in total. The molecule has 0 aromatic heterocycles. The summed E-state index contributed by atoms with van der Waals surface area (Å²) < 4.78 is 21.8. The van der Waals surface area contributed by atoms with Crippen LogP contribution < -0.4 is 19.5 Å². The van der Waals surface area contributed by atoms with Crippen molar-refractivity contribution in [1.29, 1.82) is 0 Å². The minimum Gasteiger partial charge on any atom is -0.493 e. The molecule has 2 fully saturated rings. The first kappa shape index (κ1) is 25.3. The molecule has 1 aromatic carbocycles. The number of rotatable bonds is 6. The van der Waals surface area contributed by atoms with Crippen molar-refractivity contribution >= 4 is 35.8 Å². The van der Waals surface area contributed by atoms with Crippen LogP contribution in [0.4, 0.5) is 0 Å². The largest absolute Gasteiger partial charge is 0.493 e. The Labute approximate surface area is 201 Å². The summed E-state index contributed by atoms with van der Waals surface area (Å²) in [6, 6.07) is 3.83. The number of halogens is 1. The summed E-state index contributed by atoms with van der Waals surface area (Å²) >= 11 is 0. The minimum atomic E-state index is -0.256. The molecule has 1 aromatic rings. The second-order valence-corrected chi connectivity index (χ2v) is 7.25. The fourth-order valence-electron chi connectivity index (χ4n) is 3.87. The number of nitrogens with zero attached hydrogens (tertiary/aromatic N) is 3. The van der Waals surface area contributed by atoms with E-state index in [2.05, 4.69) is 15.2 Å². The van der Waals surface area contributed by atoms with E-state index in [0.717, 1.165) is 37.5 Å². The highest BCUT2D eigenvalue weighted by Gasteiger charge is 2.30. The highest BCUT2D eigenvalue weighted by Crippen LogP contribution is 2.38. The molecule has 2 aliphatic heterocycles. The van der Waals surface area contributed by atoms with Gasteiger partial charge in [-0.05, 0) is 30.5 Å². The van der Waals surface area contributed by atoms with Gasteiger partial charge >= 0.3 is 0 Å². The van der Waals surface area contributed by atoms with Crippen LogP contribution in [0.3, 0.4) is 0 Å². The molecule has 10 heteroatoms. The quantitative estimate of drug-likeness (QED) is 0.330. The molecule has 3 rings (SSSR count). The number of carbonyl (C=O) groups excluding carboxylic acids is 1. The maximum atomic E-state index is 12.5. The minimum absolute atomic E-state index is 0. The second kappa shape index (κ2) is 12.2. The van der Waals surface area contributed by atoms with Crippen molar-refractivity contribution in [2.75, 3.05) is 61.2 Å². The fraction of sp³-hybridized carbons (Fsp3) is 0.619. The molecule has 0 bridgehead atoms. The Morgan fingerprint density at radius 3 is 2.19 bits per heavy atom. The standard InChI is InChI=1S/C21H32N4O5.HI/c1-22-21(23-14-15-12-17(27-2)19(29-4)18(13-15)28-3)25-9-7-24(8-10-25)20(26)16-6-5-11-30-16;/h12-13,16H,5-11,14H2,1-4H3,(H,22,23);1H. The lowest BCUT2D eigenvalue weighted by Gasteiger charge is -2.37. The molecule has 2 saturated heterocycles. The van der Waals surface area contributed by atoms with Crippen molar-refractivity contribution in [2.45, 2.75) is 25.5 Å². The number of carbonyl (C=O) groups is 1. The average Bonchev–Trinajstić information content (AvgIpc) is 3.33. The molecule has 0 radical (unpaired) electrons. The fourth-order valence-corrected chi connectivity index (χ4v) is 3.87. The zero-order valence-electron chi connectivity index (χ0n) is 18.7. The molecule has 0 saturated carbocycles. The van der Waals surface area contributed by atoms with Crippen LogP contribution in [-0.2, 0) is 16.1 Å². The Morgan fingerprint density at radius 2 is 1.71 bits per heavy atom. The van der Waals surface area contributed by atoms with E-state index in [1.54, 1.807) is 28.4 Å². The van der Waals surface area contributed by atoms with E-state index in [-0.39, 0.29) is 36.0 Å². The third-order valence-electron chi connectivity index (χ3n) is 5.48. The van der Waals surface area contributed by atoms with E-state index < -0.39 is 0 Å². The van der Waals surface area contributed by atoms with Crippen LogP contribution in [0.25, 0.3) is 0 Å². The van der Waals surface area contributed by atoms with E-state index in [1.807, 2.05) is 17.0 Å². The van der Waals surface area contributed by atoms with Crippen LogP contribution in [0.2, 0.25) is 0 Å². The summed E-state index contributed by atoms with van der Waals surface area (Å²) in [5, 5.41) is 3.39. The Bertz CT molecular complexity index is 737. The van der Waals surface area contributed by atoms with Crippen molar-refractivity contribution in [3.05, 3.63) is 17.7 Å². The van der Waals surface area contributed by atoms with Gasteiger partial charge in [0.25, 0.3) is 5.91 Å².